The molecular formula is C12H24ClN. The summed E-state index contributed by atoms with van der Waals surface area (Å²) in [6.07, 6.45) is 8.46. The predicted molar refractivity (Wildman–Crippen MR) is 64.1 cm³/mol. The molecule has 0 aromatic rings. The Morgan fingerprint density at radius 2 is 1.71 bits per heavy atom. The van der Waals surface area contributed by atoms with Gasteiger partial charge in [0.15, 0.2) is 0 Å². The molecule has 14 heavy (non-hydrogen) atoms. The Morgan fingerprint density at radius 1 is 1.14 bits per heavy atom. The van der Waals surface area contributed by atoms with E-state index in [-0.39, 0.29) is 0 Å². The van der Waals surface area contributed by atoms with Crippen LogP contribution < -0.4 is 0 Å². The summed E-state index contributed by atoms with van der Waals surface area (Å²) in [5.41, 5.74) is 0. The minimum Gasteiger partial charge on any atom is -0.297 e. The van der Waals surface area contributed by atoms with Gasteiger partial charge in [0.1, 0.15) is 0 Å². The van der Waals surface area contributed by atoms with Crippen molar-refractivity contribution in [3.8, 4) is 0 Å². The first-order valence-electron chi connectivity index (χ1n) is 6.07. The van der Waals surface area contributed by atoms with Gasteiger partial charge in [-0.25, -0.2) is 0 Å². The van der Waals surface area contributed by atoms with Crippen molar-refractivity contribution in [2.75, 3.05) is 12.4 Å². The monoisotopic (exact) mass is 217 g/mol. The van der Waals surface area contributed by atoms with Gasteiger partial charge in [-0.05, 0) is 26.7 Å². The van der Waals surface area contributed by atoms with E-state index in [1.165, 1.54) is 38.5 Å². The van der Waals surface area contributed by atoms with Gasteiger partial charge in [-0.15, -0.1) is 11.6 Å². The minimum absolute atomic E-state index is 0.650. The zero-order chi connectivity index (χ0) is 10.4. The standard InChI is InChI=1S/C12H24ClN/c1-11(2)14(10-9-13)12-7-5-3-4-6-8-12/h11-12H,3-10H2,1-2H3. The third kappa shape index (κ3) is 3.78. The first-order chi connectivity index (χ1) is 6.75. The lowest BCUT2D eigenvalue weighted by atomic mass is 10.1. The molecular weight excluding hydrogens is 194 g/mol. The fourth-order valence-electron chi connectivity index (χ4n) is 2.55. The zero-order valence-corrected chi connectivity index (χ0v) is 10.4. The molecule has 0 N–H and O–H groups in total. The number of hydrogen-bond donors (Lipinski definition) is 0. The van der Waals surface area contributed by atoms with Crippen LogP contribution in [0.4, 0.5) is 0 Å². The second-order valence-corrected chi connectivity index (χ2v) is 5.04. The van der Waals surface area contributed by atoms with Gasteiger partial charge < -0.3 is 0 Å². The number of alkyl halides is 1. The molecule has 1 rings (SSSR count). The maximum Gasteiger partial charge on any atom is 0.0351 e. The van der Waals surface area contributed by atoms with Crippen LogP contribution in [-0.2, 0) is 0 Å². The molecule has 2 heteroatoms. The summed E-state index contributed by atoms with van der Waals surface area (Å²) in [5, 5.41) is 0. The Balaban J connectivity index is 2.46. The van der Waals surface area contributed by atoms with Gasteiger partial charge in [-0.1, -0.05) is 25.7 Å². The largest absolute Gasteiger partial charge is 0.297 e. The molecule has 1 aliphatic rings. The number of rotatable bonds is 4. The third-order valence-corrected chi connectivity index (χ3v) is 3.47. The normalized spacial score (nSPS) is 20.4. The number of halogens is 1. The molecule has 0 atom stereocenters. The second-order valence-electron chi connectivity index (χ2n) is 4.67. The van der Waals surface area contributed by atoms with E-state index in [1.807, 2.05) is 0 Å². The van der Waals surface area contributed by atoms with Gasteiger partial charge >= 0.3 is 0 Å². The van der Waals surface area contributed by atoms with E-state index in [0.717, 1.165) is 18.5 Å². The fraction of sp³-hybridized carbons (Fsp3) is 1.00. The Morgan fingerprint density at radius 3 is 2.14 bits per heavy atom. The average Bonchev–Trinajstić information content (AvgIpc) is 2.41. The summed E-state index contributed by atoms with van der Waals surface area (Å²) in [4.78, 5) is 2.60. The second kappa shape index (κ2) is 6.68. The molecule has 0 aromatic carbocycles. The van der Waals surface area contributed by atoms with Crippen molar-refractivity contribution in [2.24, 2.45) is 0 Å². The molecule has 1 aliphatic carbocycles. The lowest BCUT2D eigenvalue weighted by Gasteiger charge is -2.34. The molecule has 0 bridgehead atoms. The van der Waals surface area contributed by atoms with E-state index in [1.54, 1.807) is 0 Å². The van der Waals surface area contributed by atoms with Crippen LogP contribution >= 0.6 is 11.6 Å². The molecule has 0 aliphatic heterocycles. The van der Waals surface area contributed by atoms with E-state index >= 15 is 0 Å². The SMILES string of the molecule is CC(C)N(CCCl)C1CCCCCC1. The Kier molecular flexibility index (Phi) is 5.88. The zero-order valence-electron chi connectivity index (χ0n) is 9.64. The molecule has 1 fully saturated rings. The summed E-state index contributed by atoms with van der Waals surface area (Å²) >= 11 is 5.86. The molecule has 0 spiro atoms. The molecule has 1 nitrogen and oxygen atoms in total. The molecule has 0 saturated heterocycles. The van der Waals surface area contributed by atoms with Gasteiger partial charge in [-0.3, -0.25) is 4.90 Å². The van der Waals surface area contributed by atoms with Gasteiger partial charge in [0, 0.05) is 24.5 Å². The Hall–Kier alpha value is 0.250. The van der Waals surface area contributed by atoms with Crippen molar-refractivity contribution >= 4 is 11.6 Å². The van der Waals surface area contributed by atoms with Crippen molar-refractivity contribution in [3.63, 3.8) is 0 Å². The van der Waals surface area contributed by atoms with E-state index in [0.29, 0.717) is 6.04 Å². The first-order valence-corrected chi connectivity index (χ1v) is 6.61. The first kappa shape index (κ1) is 12.3. The van der Waals surface area contributed by atoms with E-state index in [9.17, 15) is 0 Å². The third-order valence-electron chi connectivity index (χ3n) is 3.30. The summed E-state index contributed by atoms with van der Waals surface area (Å²) in [7, 11) is 0. The van der Waals surface area contributed by atoms with E-state index in [4.69, 9.17) is 11.6 Å². The summed E-state index contributed by atoms with van der Waals surface area (Å²) in [5.74, 6) is 0.773. The van der Waals surface area contributed by atoms with Crippen LogP contribution in [0.5, 0.6) is 0 Å². The molecule has 1 saturated carbocycles. The van der Waals surface area contributed by atoms with E-state index in [2.05, 4.69) is 18.7 Å². The number of nitrogens with zero attached hydrogens (tertiary/aromatic N) is 1. The van der Waals surface area contributed by atoms with Gasteiger partial charge in [0.25, 0.3) is 0 Å². The lowest BCUT2D eigenvalue weighted by molar-refractivity contribution is 0.148. The van der Waals surface area contributed by atoms with Crippen LogP contribution in [0, 0.1) is 0 Å². The predicted octanol–water partition coefficient (Wildman–Crippen LogP) is 3.66. The van der Waals surface area contributed by atoms with Gasteiger partial charge in [-0.2, -0.15) is 0 Å². The molecule has 0 radical (unpaired) electrons. The number of hydrogen-bond acceptors (Lipinski definition) is 1. The maximum atomic E-state index is 5.86. The molecule has 0 amide bonds. The minimum atomic E-state index is 0.650. The Bertz CT molecular complexity index is 139. The molecule has 84 valence electrons. The van der Waals surface area contributed by atoms with Crippen LogP contribution in [-0.4, -0.2) is 29.4 Å². The highest BCUT2D eigenvalue weighted by Crippen LogP contribution is 2.23. The quantitative estimate of drug-likeness (QED) is 0.513. The highest BCUT2D eigenvalue weighted by atomic mass is 35.5. The average molecular weight is 218 g/mol. The van der Waals surface area contributed by atoms with Crippen LogP contribution in [0.15, 0.2) is 0 Å². The van der Waals surface area contributed by atoms with Crippen molar-refractivity contribution in [2.45, 2.75) is 64.5 Å². The topological polar surface area (TPSA) is 3.24 Å². The van der Waals surface area contributed by atoms with Crippen LogP contribution in [0.3, 0.4) is 0 Å². The molecule has 0 unspecified atom stereocenters. The molecule has 0 aromatic heterocycles. The maximum absolute atomic E-state index is 5.86. The van der Waals surface area contributed by atoms with Crippen molar-refractivity contribution in [3.05, 3.63) is 0 Å². The van der Waals surface area contributed by atoms with Crippen molar-refractivity contribution in [1.82, 2.24) is 4.90 Å². The summed E-state index contributed by atoms with van der Waals surface area (Å²) in [6, 6.07) is 1.45. The molecule has 0 heterocycles. The smallest absolute Gasteiger partial charge is 0.0351 e. The van der Waals surface area contributed by atoms with Crippen LogP contribution in [0.25, 0.3) is 0 Å². The highest BCUT2D eigenvalue weighted by Gasteiger charge is 2.21. The van der Waals surface area contributed by atoms with Gasteiger partial charge in [0.05, 0.1) is 0 Å². The Labute approximate surface area is 93.8 Å². The van der Waals surface area contributed by atoms with Gasteiger partial charge in [0.2, 0.25) is 0 Å². The summed E-state index contributed by atoms with van der Waals surface area (Å²) < 4.78 is 0. The fourth-order valence-corrected chi connectivity index (χ4v) is 2.74. The van der Waals surface area contributed by atoms with Crippen LogP contribution in [0.1, 0.15) is 52.4 Å². The van der Waals surface area contributed by atoms with Crippen LogP contribution in [0.2, 0.25) is 0 Å². The van der Waals surface area contributed by atoms with Crippen molar-refractivity contribution in [1.29, 1.82) is 0 Å². The van der Waals surface area contributed by atoms with Crippen molar-refractivity contribution < 1.29 is 0 Å². The highest BCUT2D eigenvalue weighted by molar-refractivity contribution is 6.18. The van der Waals surface area contributed by atoms with E-state index < -0.39 is 0 Å². The lowest BCUT2D eigenvalue weighted by Crippen LogP contribution is -2.41. The summed E-state index contributed by atoms with van der Waals surface area (Å²) in [6.45, 7) is 5.64.